The van der Waals surface area contributed by atoms with Gasteiger partial charge in [0.15, 0.2) is 5.13 Å². The molecule has 0 atom stereocenters. The summed E-state index contributed by atoms with van der Waals surface area (Å²) in [5.74, 6) is -0.664. The number of aromatic nitrogens is 1. The third kappa shape index (κ3) is 2.91. The molecule has 4 rings (SSSR count). The molecule has 1 aromatic heterocycles. The average Bonchev–Trinajstić information content (AvgIpc) is 3.23. The fourth-order valence-electron chi connectivity index (χ4n) is 3.82. The highest BCUT2D eigenvalue weighted by Gasteiger charge is 2.52. The van der Waals surface area contributed by atoms with Crippen LogP contribution in [0.1, 0.15) is 36.3 Å². The number of carbonyl (C=O) groups excluding carboxylic acids is 3. The second kappa shape index (κ2) is 6.06. The number of likely N-dealkylation sites (N-methyl/N-ethyl adjacent to an activating group) is 1. The quantitative estimate of drug-likeness (QED) is 0.779. The zero-order valence-electron chi connectivity index (χ0n) is 14.1. The maximum atomic E-state index is 12.6. The number of nitrogens with one attached hydrogen (secondary N) is 2. The van der Waals surface area contributed by atoms with Gasteiger partial charge in [0.25, 0.3) is 5.91 Å². The third-order valence-corrected chi connectivity index (χ3v) is 6.17. The van der Waals surface area contributed by atoms with Gasteiger partial charge in [0, 0.05) is 24.4 Å². The van der Waals surface area contributed by atoms with Gasteiger partial charge in [-0.25, -0.2) is 9.78 Å². The molecule has 0 unspecified atom stereocenters. The predicted molar refractivity (Wildman–Crippen MR) is 92.2 cm³/mol. The first-order chi connectivity index (χ1) is 12.0. The van der Waals surface area contributed by atoms with Crippen LogP contribution in [0.25, 0.3) is 0 Å². The maximum Gasteiger partial charge on any atom is 0.325 e. The minimum Gasteiger partial charge on any atom is -0.323 e. The summed E-state index contributed by atoms with van der Waals surface area (Å²) in [6.07, 6.45) is 4.02. The largest absolute Gasteiger partial charge is 0.325 e. The summed E-state index contributed by atoms with van der Waals surface area (Å²) in [6, 6.07) is -0.470. The molecule has 4 amide bonds. The molecule has 9 heteroatoms. The smallest absolute Gasteiger partial charge is 0.323 e. The molecule has 1 saturated carbocycles. The summed E-state index contributed by atoms with van der Waals surface area (Å²) >= 11 is 1.46. The van der Waals surface area contributed by atoms with E-state index < -0.39 is 17.5 Å². The lowest BCUT2D eigenvalue weighted by atomic mass is 9.98. The lowest BCUT2D eigenvalue weighted by Gasteiger charge is -2.20. The lowest BCUT2D eigenvalue weighted by molar-refractivity contribution is -0.133. The van der Waals surface area contributed by atoms with E-state index in [9.17, 15) is 14.4 Å². The van der Waals surface area contributed by atoms with Gasteiger partial charge < -0.3 is 15.5 Å². The van der Waals surface area contributed by atoms with E-state index in [4.69, 9.17) is 0 Å². The Hall–Kier alpha value is -2.00. The van der Waals surface area contributed by atoms with Crippen molar-refractivity contribution in [3.63, 3.8) is 0 Å². The monoisotopic (exact) mass is 363 g/mol. The van der Waals surface area contributed by atoms with Crippen LogP contribution in [0.5, 0.6) is 0 Å². The van der Waals surface area contributed by atoms with Gasteiger partial charge in [-0.3, -0.25) is 14.5 Å². The molecule has 1 saturated heterocycles. The molecule has 0 radical (unpaired) electrons. The molecule has 1 aromatic rings. The second-order valence-electron chi connectivity index (χ2n) is 7.04. The fourth-order valence-corrected chi connectivity index (χ4v) is 4.92. The van der Waals surface area contributed by atoms with E-state index in [1.54, 1.807) is 0 Å². The molecular weight excluding hydrogens is 342 g/mol. The maximum absolute atomic E-state index is 12.6. The highest BCUT2D eigenvalue weighted by molar-refractivity contribution is 7.15. The van der Waals surface area contributed by atoms with Crippen LogP contribution in [0.3, 0.4) is 0 Å². The number of fused-ring (bicyclic) bond motifs is 1. The van der Waals surface area contributed by atoms with Crippen molar-refractivity contribution in [2.45, 2.75) is 44.2 Å². The zero-order valence-corrected chi connectivity index (χ0v) is 14.9. The van der Waals surface area contributed by atoms with Gasteiger partial charge in [0.05, 0.1) is 5.69 Å². The number of rotatable bonds is 3. The van der Waals surface area contributed by atoms with E-state index in [1.807, 2.05) is 0 Å². The molecular formula is C16H21N5O3S. The normalized spacial score (nSPS) is 22.4. The molecule has 3 aliphatic rings. The number of urea groups is 1. The van der Waals surface area contributed by atoms with E-state index in [2.05, 4.69) is 27.6 Å². The molecule has 2 N–H and O–H groups in total. The van der Waals surface area contributed by atoms with E-state index in [0.29, 0.717) is 18.0 Å². The molecule has 2 aliphatic heterocycles. The van der Waals surface area contributed by atoms with Gasteiger partial charge >= 0.3 is 6.03 Å². The van der Waals surface area contributed by atoms with Crippen LogP contribution in [0.2, 0.25) is 0 Å². The number of amides is 4. The van der Waals surface area contributed by atoms with E-state index in [1.165, 1.54) is 11.3 Å². The summed E-state index contributed by atoms with van der Waals surface area (Å²) in [7, 11) is 2.05. The number of hydrogen-bond donors (Lipinski definition) is 2. The predicted octanol–water partition coefficient (Wildman–Crippen LogP) is 0.934. The van der Waals surface area contributed by atoms with Gasteiger partial charge in [-0.2, -0.15) is 0 Å². The SMILES string of the molecule is CN1CCc2nc(NC(=O)CN3C(=O)NC4(CCCC4)C3=O)sc2C1. The highest BCUT2D eigenvalue weighted by atomic mass is 32.1. The Labute approximate surface area is 149 Å². The Morgan fingerprint density at radius 1 is 1.36 bits per heavy atom. The Kier molecular flexibility index (Phi) is 3.99. The Morgan fingerprint density at radius 3 is 2.88 bits per heavy atom. The number of nitrogens with zero attached hydrogens (tertiary/aromatic N) is 3. The molecule has 2 fully saturated rings. The van der Waals surface area contributed by atoms with Crippen molar-refractivity contribution in [1.29, 1.82) is 0 Å². The van der Waals surface area contributed by atoms with Gasteiger partial charge in [-0.1, -0.05) is 12.8 Å². The zero-order chi connectivity index (χ0) is 17.6. The highest BCUT2D eigenvalue weighted by Crippen LogP contribution is 2.35. The number of hydrogen-bond acceptors (Lipinski definition) is 6. The Morgan fingerprint density at radius 2 is 2.12 bits per heavy atom. The first-order valence-corrected chi connectivity index (χ1v) is 9.40. The third-order valence-electron chi connectivity index (χ3n) is 5.17. The van der Waals surface area contributed by atoms with Crippen LogP contribution >= 0.6 is 11.3 Å². The Balaban J connectivity index is 1.41. The minimum atomic E-state index is -0.776. The van der Waals surface area contributed by atoms with Gasteiger partial charge in [-0.15, -0.1) is 11.3 Å². The molecule has 1 aliphatic carbocycles. The van der Waals surface area contributed by atoms with Crippen LogP contribution in [0, 0.1) is 0 Å². The summed E-state index contributed by atoms with van der Waals surface area (Å²) in [6.45, 7) is 1.52. The van der Waals surface area contributed by atoms with Crippen LogP contribution in [0.4, 0.5) is 9.93 Å². The summed E-state index contributed by atoms with van der Waals surface area (Å²) in [5.41, 5.74) is 0.251. The van der Waals surface area contributed by atoms with Crippen LogP contribution in [-0.4, -0.2) is 58.3 Å². The van der Waals surface area contributed by atoms with E-state index in [-0.39, 0.29) is 12.5 Å². The molecule has 134 valence electrons. The van der Waals surface area contributed by atoms with Gasteiger partial charge in [0.2, 0.25) is 5.91 Å². The molecule has 1 spiro atoms. The number of carbonyl (C=O) groups is 3. The second-order valence-corrected chi connectivity index (χ2v) is 8.12. The topological polar surface area (TPSA) is 94.6 Å². The standard InChI is InChI=1S/C16H21N5O3S/c1-20-7-4-10-11(8-20)25-14(17-10)18-12(22)9-21-13(23)16(19-15(21)24)5-2-3-6-16/h2-9H2,1H3,(H,19,24)(H,17,18,22). The lowest BCUT2D eigenvalue weighted by Crippen LogP contribution is -2.44. The van der Waals surface area contributed by atoms with Crippen LogP contribution < -0.4 is 10.6 Å². The van der Waals surface area contributed by atoms with Crippen molar-refractivity contribution in [3.05, 3.63) is 10.6 Å². The average molecular weight is 363 g/mol. The van der Waals surface area contributed by atoms with Crippen molar-refractivity contribution in [2.75, 3.05) is 25.5 Å². The van der Waals surface area contributed by atoms with Gasteiger partial charge in [-0.05, 0) is 19.9 Å². The van der Waals surface area contributed by atoms with Gasteiger partial charge in [0.1, 0.15) is 12.1 Å². The number of imide groups is 1. The van der Waals surface area contributed by atoms with Crippen molar-refractivity contribution >= 4 is 34.3 Å². The molecule has 0 aromatic carbocycles. The van der Waals surface area contributed by atoms with Crippen LogP contribution in [0.15, 0.2) is 0 Å². The summed E-state index contributed by atoms with van der Waals surface area (Å²) < 4.78 is 0. The molecule has 8 nitrogen and oxygen atoms in total. The molecule has 3 heterocycles. The first-order valence-electron chi connectivity index (χ1n) is 8.58. The van der Waals surface area contributed by atoms with Crippen LogP contribution in [-0.2, 0) is 22.6 Å². The molecule has 25 heavy (non-hydrogen) atoms. The number of anilines is 1. The first kappa shape index (κ1) is 16.5. The Bertz CT molecular complexity index is 740. The van der Waals surface area contributed by atoms with Crippen molar-refractivity contribution in [3.8, 4) is 0 Å². The van der Waals surface area contributed by atoms with Crippen molar-refractivity contribution < 1.29 is 14.4 Å². The van der Waals surface area contributed by atoms with Crippen molar-refractivity contribution in [2.24, 2.45) is 0 Å². The fraction of sp³-hybridized carbons (Fsp3) is 0.625. The summed E-state index contributed by atoms with van der Waals surface area (Å²) in [4.78, 5) is 45.9. The number of thiazole rings is 1. The van der Waals surface area contributed by atoms with E-state index >= 15 is 0 Å². The van der Waals surface area contributed by atoms with E-state index in [0.717, 1.165) is 47.8 Å². The molecule has 0 bridgehead atoms. The minimum absolute atomic E-state index is 0.267. The summed E-state index contributed by atoms with van der Waals surface area (Å²) in [5, 5.41) is 6.05. The van der Waals surface area contributed by atoms with Crippen molar-refractivity contribution in [1.82, 2.24) is 20.1 Å².